The minimum Gasteiger partial charge on any atom is -0.489 e. The van der Waals surface area contributed by atoms with Gasteiger partial charge in [0.05, 0.1) is 29.7 Å². The Kier molecular flexibility index (Phi) is 5.69. The van der Waals surface area contributed by atoms with E-state index in [1.54, 1.807) is 0 Å². The highest BCUT2D eigenvalue weighted by molar-refractivity contribution is 5.92. The highest BCUT2D eigenvalue weighted by Gasteiger charge is 2.17. The van der Waals surface area contributed by atoms with E-state index in [1.807, 2.05) is 28.9 Å². The molecule has 2 aliphatic rings. The van der Waals surface area contributed by atoms with E-state index in [9.17, 15) is 4.79 Å². The van der Waals surface area contributed by atoms with Crippen LogP contribution in [0.15, 0.2) is 30.3 Å². The van der Waals surface area contributed by atoms with Gasteiger partial charge < -0.3 is 20.1 Å². The van der Waals surface area contributed by atoms with Crippen LogP contribution < -0.4 is 15.4 Å². The lowest BCUT2D eigenvalue weighted by atomic mass is 10.2. The van der Waals surface area contributed by atoms with Crippen LogP contribution in [0.25, 0.3) is 0 Å². The Morgan fingerprint density at radius 1 is 1.41 bits per heavy atom. The fourth-order valence-corrected chi connectivity index (χ4v) is 3.48. The predicted octanol–water partition coefficient (Wildman–Crippen LogP) is 2.12. The van der Waals surface area contributed by atoms with Gasteiger partial charge in [-0.05, 0) is 31.0 Å². The van der Waals surface area contributed by atoms with Gasteiger partial charge in [0.25, 0.3) is 0 Å². The van der Waals surface area contributed by atoms with Gasteiger partial charge in [-0.25, -0.2) is 0 Å². The lowest BCUT2D eigenvalue weighted by Crippen LogP contribution is -2.28. The number of carbonyl (C=O) groups excluding carboxylic acids is 1. The van der Waals surface area contributed by atoms with E-state index >= 15 is 0 Å². The maximum absolute atomic E-state index is 12.4. The van der Waals surface area contributed by atoms with E-state index < -0.39 is 0 Å². The zero-order valence-corrected chi connectivity index (χ0v) is 15.4. The van der Waals surface area contributed by atoms with Crippen LogP contribution in [0.1, 0.15) is 30.7 Å². The highest BCUT2D eigenvalue weighted by atomic mass is 16.5. The molecule has 4 rings (SSSR count). The molecule has 0 unspecified atom stereocenters. The van der Waals surface area contributed by atoms with Gasteiger partial charge in [-0.1, -0.05) is 12.1 Å². The number of ether oxygens (including phenoxy) is 2. The molecular formula is C20H26N4O3. The second-order valence-electron chi connectivity index (χ2n) is 7.02. The zero-order chi connectivity index (χ0) is 18.5. The second-order valence-corrected chi connectivity index (χ2v) is 7.02. The summed E-state index contributed by atoms with van der Waals surface area (Å²) in [7, 11) is 0. The van der Waals surface area contributed by atoms with Crippen molar-refractivity contribution in [3.8, 4) is 5.75 Å². The number of fused-ring (bicyclic) bond motifs is 1. The first-order valence-electron chi connectivity index (χ1n) is 9.67. The molecule has 7 heteroatoms. The number of benzene rings is 1. The number of aromatic nitrogens is 2. The standard InChI is InChI=1S/C20H26N4O3/c25-20(8-7-15-12-16-13-21-9-10-24(16)23-15)22-18-5-1-2-6-19(18)27-14-17-4-3-11-26-17/h1-2,5-6,12,17,21H,3-4,7-11,13-14H2,(H,22,25)/t17-/m0/s1. The number of hydrogen-bond acceptors (Lipinski definition) is 5. The molecule has 3 heterocycles. The third-order valence-corrected chi connectivity index (χ3v) is 4.94. The minimum absolute atomic E-state index is 0.0349. The summed E-state index contributed by atoms with van der Waals surface area (Å²) < 4.78 is 13.5. The SMILES string of the molecule is O=C(CCc1cc2n(n1)CCNC2)Nc1ccccc1OC[C@@H]1CCCO1. The molecule has 27 heavy (non-hydrogen) atoms. The lowest BCUT2D eigenvalue weighted by molar-refractivity contribution is -0.116. The largest absolute Gasteiger partial charge is 0.489 e. The first-order chi connectivity index (χ1) is 13.3. The Morgan fingerprint density at radius 3 is 3.19 bits per heavy atom. The van der Waals surface area contributed by atoms with Crippen LogP contribution in [0.2, 0.25) is 0 Å². The van der Waals surface area contributed by atoms with Gasteiger partial charge >= 0.3 is 0 Å². The van der Waals surface area contributed by atoms with Crippen molar-refractivity contribution in [3.63, 3.8) is 0 Å². The fraction of sp³-hybridized carbons (Fsp3) is 0.500. The van der Waals surface area contributed by atoms with Crippen LogP contribution in [0, 0.1) is 0 Å². The number of amides is 1. The summed E-state index contributed by atoms with van der Waals surface area (Å²) in [4.78, 5) is 12.4. The van der Waals surface area contributed by atoms with E-state index in [4.69, 9.17) is 9.47 Å². The van der Waals surface area contributed by atoms with Gasteiger partial charge in [-0.15, -0.1) is 0 Å². The minimum atomic E-state index is -0.0349. The average Bonchev–Trinajstić information content (AvgIpc) is 3.35. The molecule has 2 aromatic rings. The highest BCUT2D eigenvalue weighted by Crippen LogP contribution is 2.25. The molecular weight excluding hydrogens is 344 g/mol. The smallest absolute Gasteiger partial charge is 0.224 e. The van der Waals surface area contributed by atoms with Gasteiger partial charge in [0.15, 0.2) is 0 Å². The van der Waals surface area contributed by atoms with Crippen molar-refractivity contribution in [2.24, 2.45) is 0 Å². The van der Waals surface area contributed by atoms with Crippen LogP contribution >= 0.6 is 0 Å². The molecule has 2 N–H and O–H groups in total. The molecule has 1 amide bonds. The quantitative estimate of drug-likeness (QED) is 0.781. The summed E-state index contributed by atoms with van der Waals surface area (Å²) in [6.45, 7) is 3.99. The van der Waals surface area contributed by atoms with Crippen LogP contribution in [-0.4, -0.2) is 41.6 Å². The Morgan fingerprint density at radius 2 is 2.33 bits per heavy atom. The van der Waals surface area contributed by atoms with Crippen molar-refractivity contribution in [2.75, 3.05) is 25.1 Å². The molecule has 0 aliphatic carbocycles. The van der Waals surface area contributed by atoms with Crippen LogP contribution in [0.4, 0.5) is 5.69 Å². The number of nitrogens with zero attached hydrogens (tertiary/aromatic N) is 2. The number of carbonyl (C=O) groups is 1. The Bertz CT molecular complexity index is 760. The molecule has 0 spiro atoms. The van der Waals surface area contributed by atoms with E-state index in [0.717, 1.165) is 44.8 Å². The number of nitrogens with one attached hydrogen (secondary N) is 2. The van der Waals surface area contributed by atoms with E-state index in [0.29, 0.717) is 30.9 Å². The monoisotopic (exact) mass is 370 g/mol. The van der Waals surface area contributed by atoms with Crippen LogP contribution in [0.3, 0.4) is 0 Å². The van der Waals surface area contributed by atoms with Gasteiger partial charge in [0, 0.05) is 32.5 Å². The molecule has 144 valence electrons. The molecule has 1 atom stereocenters. The second kappa shape index (κ2) is 8.54. The Labute approximate surface area is 159 Å². The number of anilines is 1. The molecule has 0 saturated carbocycles. The zero-order valence-electron chi connectivity index (χ0n) is 15.4. The van der Waals surface area contributed by atoms with Crippen molar-refractivity contribution < 1.29 is 14.3 Å². The fourth-order valence-electron chi connectivity index (χ4n) is 3.48. The summed E-state index contributed by atoms with van der Waals surface area (Å²) >= 11 is 0. The molecule has 0 radical (unpaired) electrons. The topological polar surface area (TPSA) is 77.4 Å². The van der Waals surface area contributed by atoms with Crippen molar-refractivity contribution >= 4 is 11.6 Å². The third-order valence-electron chi connectivity index (χ3n) is 4.94. The van der Waals surface area contributed by atoms with Crippen LogP contribution in [0.5, 0.6) is 5.75 Å². The number of para-hydroxylation sites is 2. The summed E-state index contributed by atoms with van der Waals surface area (Å²) in [5.41, 5.74) is 2.85. The summed E-state index contributed by atoms with van der Waals surface area (Å²) in [6.07, 6.45) is 3.28. The van der Waals surface area contributed by atoms with Gasteiger partial charge in [-0.2, -0.15) is 5.10 Å². The first-order valence-corrected chi connectivity index (χ1v) is 9.67. The molecule has 1 fully saturated rings. The van der Waals surface area contributed by atoms with E-state index in [2.05, 4.69) is 21.8 Å². The van der Waals surface area contributed by atoms with Gasteiger partial charge in [0.2, 0.25) is 5.91 Å². The van der Waals surface area contributed by atoms with E-state index in [1.165, 1.54) is 5.69 Å². The number of aryl methyl sites for hydroxylation is 1. The first kappa shape index (κ1) is 18.0. The molecule has 7 nitrogen and oxygen atoms in total. The maximum Gasteiger partial charge on any atom is 0.224 e. The molecule has 1 aromatic carbocycles. The van der Waals surface area contributed by atoms with Gasteiger partial charge in [0.1, 0.15) is 12.4 Å². The van der Waals surface area contributed by atoms with Crippen molar-refractivity contribution in [1.82, 2.24) is 15.1 Å². The molecule has 2 aliphatic heterocycles. The molecule has 1 saturated heterocycles. The van der Waals surface area contributed by atoms with Crippen LogP contribution in [-0.2, 0) is 29.0 Å². The molecule has 0 bridgehead atoms. The van der Waals surface area contributed by atoms with E-state index in [-0.39, 0.29) is 12.0 Å². The predicted molar refractivity (Wildman–Crippen MR) is 102 cm³/mol. The molecule has 1 aromatic heterocycles. The average molecular weight is 370 g/mol. The van der Waals surface area contributed by atoms with Gasteiger partial charge in [-0.3, -0.25) is 9.48 Å². The Hall–Kier alpha value is -2.38. The number of rotatable bonds is 7. The maximum atomic E-state index is 12.4. The summed E-state index contributed by atoms with van der Waals surface area (Å²) in [5.74, 6) is 0.650. The number of hydrogen-bond donors (Lipinski definition) is 2. The third kappa shape index (κ3) is 4.67. The van der Waals surface area contributed by atoms with Crippen molar-refractivity contribution in [1.29, 1.82) is 0 Å². The summed E-state index contributed by atoms with van der Waals surface area (Å²) in [6, 6.07) is 9.62. The Balaban J connectivity index is 1.30. The van der Waals surface area contributed by atoms with Crippen molar-refractivity contribution in [3.05, 3.63) is 41.7 Å². The van der Waals surface area contributed by atoms with Crippen molar-refractivity contribution in [2.45, 2.75) is 44.9 Å². The normalized spacial score (nSPS) is 18.9. The summed E-state index contributed by atoms with van der Waals surface area (Å²) in [5, 5.41) is 10.9. The lowest BCUT2D eigenvalue weighted by Gasteiger charge is -2.15.